The summed E-state index contributed by atoms with van der Waals surface area (Å²) in [4.78, 5) is 89.1. The predicted molar refractivity (Wildman–Crippen MR) is 236 cm³/mol. The highest BCUT2D eigenvalue weighted by Crippen LogP contribution is 2.33. The van der Waals surface area contributed by atoms with Gasteiger partial charge < -0.3 is 51.3 Å². The first-order valence-corrected chi connectivity index (χ1v) is 21.1. The molecule has 3 aliphatic heterocycles. The number of ether oxygens (including phenoxy) is 1. The highest BCUT2D eigenvalue weighted by atomic mass is 35.5. The Hall–Kier alpha value is -6.83. The number of para-hydroxylation sites is 1. The molecule has 63 heavy (non-hydrogen) atoms. The molecular weight excluding hydrogens is 832 g/mol. The number of piperazine rings is 1. The number of halogens is 1. The molecule has 19 nitrogen and oxygen atoms in total. The number of nitrogens with zero attached hydrogens (tertiary/aromatic N) is 5. The monoisotopic (exact) mass is 880 g/mol. The number of carbonyl (C=O) groups is 6. The number of hydrogen-bond donors (Lipinski definition) is 7. The van der Waals surface area contributed by atoms with Gasteiger partial charge in [-0.2, -0.15) is 4.98 Å². The highest BCUT2D eigenvalue weighted by Gasteiger charge is 2.40. The fourth-order valence-corrected chi connectivity index (χ4v) is 7.59. The molecule has 0 aliphatic carbocycles. The molecule has 330 valence electrons. The number of urea groups is 1. The Labute approximate surface area is 368 Å². The molecule has 0 saturated carbocycles. The third kappa shape index (κ3) is 11.2. The standard InChI is InChI=1S/C43H49ClN12O7/c1-45-39(59)30-5-2-3-7-33(30)51-38-32(44)25-48-42(53-38)49-27-9-11-28(12-10-27)54-19-21-55(22-20-54)43(62)47-18-24-63-23-17-46-16-15-37(58)50-34-8-4-6-29-31(34)26-56(41(29)61)35-13-14-36(57)52-40(35)60/h2-12,25,35,46H,13-24,26H2,1H3,(H,45,59)(H,47,62)(H,50,58)(H,52,57,60)(H2,48,49,51,53). The van der Waals surface area contributed by atoms with Crippen molar-refractivity contribution in [2.45, 2.75) is 31.8 Å². The largest absolute Gasteiger partial charge is 0.378 e. The predicted octanol–water partition coefficient (Wildman–Crippen LogP) is 3.20. The summed E-state index contributed by atoms with van der Waals surface area (Å²) in [6.07, 6.45) is 2.11. The number of imide groups is 1. The summed E-state index contributed by atoms with van der Waals surface area (Å²) < 4.78 is 5.66. The summed E-state index contributed by atoms with van der Waals surface area (Å²) in [7, 11) is 1.57. The van der Waals surface area contributed by atoms with E-state index < -0.39 is 11.9 Å². The van der Waals surface area contributed by atoms with Gasteiger partial charge in [-0.05, 0) is 55.0 Å². The van der Waals surface area contributed by atoms with Gasteiger partial charge in [0.15, 0.2) is 5.82 Å². The van der Waals surface area contributed by atoms with Gasteiger partial charge >= 0.3 is 6.03 Å². The van der Waals surface area contributed by atoms with Crippen LogP contribution in [0, 0.1) is 0 Å². The average molecular weight is 881 g/mol. The van der Waals surface area contributed by atoms with Gasteiger partial charge in [-0.3, -0.25) is 29.3 Å². The number of nitrogens with one attached hydrogen (secondary N) is 7. The van der Waals surface area contributed by atoms with E-state index in [1.165, 1.54) is 11.1 Å². The lowest BCUT2D eigenvalue weighted by Crippen LogP contribution is -2.52. The van der Waals surface area contributed by atoms with Crippen molar-refractivity contribution in [1.82, 2.24) is 41.0 Å². The number of anilines is 6. The van der Waals surface area contributed by atoms with Crippen LogP contribution in [0.3, 0.4) is 0 Å². The van der Waals surface area contributed by atoms with Crippen molar-refractivity contribution in [1.29, 1.82) is 0 Å². The Balaban J connectivity index is 0.750. The quantitative estimate of drug-likeness (QED) is 0.0598. The summed E-state index contributed by atoms with van der Waals surface area (Å²) in [5.41, 5.74) is 4.39. The van der Waals surface area contributed by atoms with E-state index in [2.05, 4.69) is 52.1 Å². The summed E-state index contributed by atoms with van der Waals surface area (Å²) in [6, 6.07) is 19.1. The van der Waals surface area contributed by atoms with E-state index in [9.17, 15) is 28.8 Å². The van der Waals surface area contributed by atoms with Gasteiger partial charge in [0.05, 0.1) is 30.7 Å². The van der Waals surface area contributed by atoms with Crippen LogP contribution in [0.25, 0.3) is 0 Å². The van der Waals surface area contributed by atoms with Gasteiger partial charge in [0.1, 0.15) is 11.1 Å². The van der Waals surface area contributed by atoms with E-state index >= 15 is 0 Å². The van der Waals surface area contributed by atoms with Crippen molar-refractivity contribution in [2.24, 2.45) is 0 Å². The van der Waals surface area contributed by atoms with Crippen LogP contribution in [0.1, 0.15) is 45.5 Å². The molecular formula is C43H49ClN12O7. The second-order valence-electron chi connectivity index (χ2n) is 14.9. The molecule has 7 amide bonds. The molecule has 2 saturated heterocycles. The van der Waals surface area contributed by atoms with E-state index in [4.69, 9.17) is 16.3 Å². The van der Waals surface area contributed by atoms with Crippen molar-refractivity contribution >= 4 is 81.7 Å². The molecule has 2 fully saturated rings. The molecule has 1 atom stereocenters. The van der Waals surface area contributed by atoms with Gasteiger partial charge in [-0.25, -0.2) is 9.78 Å². The van der Waals surface area contributed by atoms with Crippen LogP contribution in [0.4, 0.5) is 39.3 Å². The van der Waals surface area contributed by atoms with Gasteiger partial charge in [0, 0.05) is 100 Å². The molecule has 1 unspecified atom stereocenters. The number of amides is 7. The Morgan fingerprint density at radius 3 is 2.43 bits per heavy atom. The number of rotatable bonds is 17. The first-order valence-electron chi connectivity index (χ1n) is 20.7. The van der Waals surface area contributed by atoms with E-state index in [0.29, 0.717) is 104 Å². The van der Waals surface area contributed by atoms with E-state index in [-0.39, 0.29) is 55.5 Å². The zero-order valence-corrected chi connectivity index (χ0v) is 35.4. The molecule has 20 heteroatoms. The van der Waals surface area contributed by atoms with Gasteiger partial charge in [0.2, 0.25) is 23.7 Å². The summed E-state index contributed by atoms with van der Waals surface area (Å²) in [6.45, 7) is 4.66. The molecule has 7 N–H and O–H groups in total. The molecule has 0 spiro atoms. The van der Waals surface area contributed by atoms with E-state index in [0.717, 1.165) is 11.4 Å². The number of piperidine rings is 1. The van der Waals surface area contributed by atoms with Crippen LogP contribution in [0.2, 0.25) is 5.02 Å². The van der Waals surface area contributed by atoms with Crippen LogP contribution >= 0.6 is 11.6 Å². The molecule has 4 heterocycles. The Bertz CT molecular complexity index is 2340. The Kier molecular flexibility index (Phi) is 14.6. The normalized spacial score (nSPS) is 16.0. The van der Waals surface area contributed by atoms with Crippen LogP contribution < -0.4 is 42.1 Å². The van der Waals surface area contributed by atoms with Crippen LogP contribution in [-0.2, 0) is 25.7 Å². The Morgan fingerprint density at radius 1 is 0.889 bits per heavy atom. The maximum Gasteiger partial charge on any atom is 0.317 e. The third-order valence-corrected chi connectivity index (χ3v) is 11.1. The number of benzene rings is 3. The minimum atomic E-state index is -0.730. The zero-order valence-electron chi connectivity index (χ0n) is 34.7. The smallest absolute Gasteiger partial charge is 0.317 e. The first kappa shape index (κ1) is 44.2. The lowest BCUT2D eigenvalue weighted by molar-refractivity contribution is -0.137. The fraction of sp³-hybridized carbons (Fsp3) is 0.349. The maximum atomic E-state index is 13.1. The van der Waals surface area contributed by atoms with Crippen LogP contribution in [0.5, 0.6) is 0 Å². The van der Waals surface area contributed by atoms with Crippen molar-refractivity contribution in [3.8, 4) is 0 Å². The lowest BCUT2D eigenvalue weighted by Gasteiger charge is -2.36. The second-order valence-corrected chi connectivity index (χ2v) is 15.3. The molecule has 3 aliphatic rings. The third-order valence-electron chi connectivity index (χ3n) is 10.8. The number of carbonyl (C=O) groups excluding carboxylic acids is 6. The number of hydrogen-bond acceptors (Lipinski definition) is 13. The minimum absolute atomic E-state index is 0.145. The van der Waals surface area contributed by atoms with Crippen molar-refractivity contribution in [3.63, 3.8) is 0 Å². The fourth-order valence-electron chi connectivity index (χ4n) is 7.45. The average Bonchev–Trinajstić information content (AvgIpc) is 3.63. The molecule has 1 aromatic heterocycles. The molecule has 3 aromatic carbocycles. The maximum absolute atomic E-state index is 13.1. The van der Waals surface area contributed by atoms with Crippen molar-refractivity contribution in [3.05, 3.63) is 94.6 Å². The number of fused-ring (bicyclic) bond motifs is 1. The van der Waals surface area contributed by atoms with Crippen LogP contribution in [-0.4, -0.2) is 127 Å². The summed E-state index contributed by atoms with van der Waals surface area (Å²) in [5, 5.41) is 20.5. The second kappa shape index (κ2) is 20.8. The van der Waals surface area contributed by atoms with Gasteiger partial charge in [-0.15, -0.1) is 0 Å². The molecule has 4 aromatic rings. The molecule has 7 rings (SSSR count). The van der Waals surface area contributed by atoms with E-state index in [1.54, 1.807) is 48.3 Å². The lowest BCUT2D eigenvalue weighted by atomic mass is 10.0. The number of aromatic nitrogens is 2. The van der Waals surface area contributed by atoms with E-state index in [1.807, 2.05) is 30.3 Å². The Morgan fingerprint density at radius 2 is 1.65 bits per heavy atom. The zero-order chi connectivity index (χ0) is 44.3. The summed E-state index contributed by atoms with van der Waals surface area (Å²) >= 11 is 6.38. The molecule has 0 radical (unpaired) electrons. The first-order chi connectivity index (χ1) is 30.6. The van der Waals surface area contributed by atoms with Gasteiger partial charge in [0.25, 0.3) is 11.8 Å². The van der Waals surface area contributed by atoms with Crippen molar-refractivity contribution in [2.75, 3.05) is 86.9 Å². The minimum Gasteiger partial charge on any atom is -0.378 e. The molecule has 0 bridgehead atoms. The SMILES string of the molecule is CNC(=O)c1ccccc1Nc1nc(Nc2ccc(N3CCN(C(=O)NCCOCCNCCC(=O)Nc4cccc5c4CN(C4CCC(=O)NC4=O)C5=O)CC3)cc2)ncc1Cl. The topological polar surface area (TPSA) is 231 Å². The summed E-state index contributed by atoms with van der Waals surface area (Å²) in [5.74, 6) is -0.928. The van der Waals surface area contributed by atoms with Crippen LogP contribution in [0.15, 0.2) is 72.9 Å². The highest BCUT2D eigenvalue weighted by molar-refractivity contribution is 6.33. The van der Waals surface area contributed by atoms with Crippen molar-refractivity contribution < 1.29 is 33.5 Å². The van der Waals surface area contributed by atoms with Gasteiger partial charge in [-0.1, -0.05) is 29.8 Å².